The molecule has 0 heterocycles. The highest BCUT2D eigenvalue weighted by Crippen LogP contribution is 2.33. The van der Waals surface area contributed by atoms with Crippen molar-refractivity contribution in [3.63, 3.8) is 0 Å². The summed E-state index contributed by atoms with van der Waals surface area (Å²) in [6.07, 6.45) is 5.26. The molecule has 1 aromatic carbocycles. The van der Waals surface area contributed by atoms with Gasteiger partial charge in [0.05, 0.1) is 0 Å². The lowest BCUT2D eigenvalue weighted by Gasteiger charge is -2.15. The van der Waals surface area contributed by atoms with Crippen LogP contribution >= 0.6 is 0 Å². The van der Waals surface area contributed by atoms with Crippen molar-refractivity contribution in [2.24, 2.45) is 22.7 Å². The van der Waals surface area contributed by atoms with Crippen LogP contribution in [-0.2, 0) is 11.2 Å². The van der Waals surface area contributed by atoms with Crippen LogP contribution in [0.2, 0.25) is 0 Å². The summed E-state index contributed by atoms with van der Waals surface area (Å²) in [6.45, 7) is 0.652. The SMILES string of the molecule is N/C(=N/O)C(Cc1ccccc1)C(=O)NCCCC1CC1. The second-order valence-electron chi connectivity index (χ2n) is 5.64. The third-order valence-electron chi connectivity index (χ3n) is 3.86. The number of rotatable bonds is 8. The molecule has 1 aliphatic carbocycles. The Labute approximate surface area is 125 Å². The minimum atomic E-state index is -0.627. The predicted octanol–water partition coefficient (Wildman–Crippen LogP) is 1.90. The van der Waals surface area contributed by atoms with Crippen molar-refractivity contribution in [3.05, 3.63) is 35.9 Å². The Hall–Kier alpha value is -2.04. The number of amides is 1. The zero-order valence-corrected chi connectivity index (χ0v) is 12.2. The van der Waals surface area contributed by atoms with Gasteiger partial charge in [0, 0.05) is 6.54 Å². The van der Waals surface area contributed by atoms with Crippen LogP contribution in [0.4, 0.5) is 0 Å². The Morgan fingerprint density at radius 3 is 2.71 bits per heavy atom. The lowest BCUT2D eigenvalue weighted by Crippen LogP contribution is -2.40. The second-order valence-corrected chi connectivity index (χ2v) is 5.64. The zero-order chi connectivity index (χ0) is 15.1. The molecule has 1 amide bonds. The van der Waals surface area contributed by atoms with Gasteiger partial charge in [0.2, 0.25) is 5.91 Å². The number of nitrogens with two attached hydrogens (primary N) is 1. The van der Waals surface area contributed by atoms with Gasteiger partial charge in [-0.25, -0.2) is 0 Å². The van der Waals surface area contributed by atoms with Crippen molar-refractivity contribution < 1.29 is 10.0 Å². The van der Waals surface area contributed by atoms with Crippen LogP contribution in [0, 0.1) is 11.8 Å². The highest BCUT2D eigenvalue weighted by Gasteiger charge is 2.24. The fourth-order valence-electron chi connectivity index (χ4n) is 2.38. The van der Waals surface area contributed by atoms with Crippen LogP contribution in [0.25, 0.3) is 0 Å². The van der Waals surface area contributed by atoms with Crippen LogP contribution in [0.5, 0.6) is 0 Å². The number of carbonyl (C=O) groups is 1. The van der Waals surface area contributed by atoms with E-state index >= 15 is 0 Å². The molecule has 0 aromatic heterocycles. The summed E-state index contributed by atoms with van der Waals surface area (Å²) in [5.41, 5.74) is 6.66. The van der Waals surface area contributed by atoms with E-state index in [9.17, 15) is 4.79 Å². The first-order chi connectivity index (χ1) is 10.2. The molecule has 114 valence electrons. The van der Waals surface area contributed by atoms with Gasteiger partial charge in [0.25, 0.3) is 0 Å². The number of nitrogens with one attached hydrogen (secondary N) is 1. The van der Waals surface area contributed by atoms with Crippen LogP contribution in [-0.4, -0.2) is 23.5 Å². The molecule has 1 aromatic rings. The fourth-order valence-corrected chi connectivity index (χ4v) is 2.38. The average molecular weight is 289 g/mol. The fraction of sp³-hybridized carbons (Fsp3) is 0.500. The van der Waals surface area contributed by atoms with E-state index in [-0.39, 0.29) is 11.7 Å². The van der Waals surface area contributed by atoms with Gasteiger partial charge in [-0.3, -0.25) is 4.79 Å². The molecule has 5 heteroatoms. The van der Waals surface area contributed by atoms with Gasteiger partial charge < -0.3 is 16.3 Å². The van der Waals surface area contributed by atoms with E-state index in [2.05, 4.69) is 10.5 Å². The number of nitrogens with zero attached hydrogens (tertiary/aromatic N) is 1. The van der Waals surface area contributed by atoms with Crippen LogP contribution in [0.15, 0.2) is 35.5 Å². The minimum Gasteiger partial charge on any atom is -0.409 e. The van der Waals surface area contributed by atoms with E-state index < -0.39 is 5.92 Å². The number of benzene rings is 1. The van der Waals surface area contributed by atoms with E-state index in [0.29, 0.717) is 13.0 Å². The topological polar surface area (TPSA) is 87.7 Å². The molecule has 0 saturated heterocycles. The van der Waals surface area contributed by atoms with Crippen molar-refractivity contribution in [2.75, 3.05) is 6.54 Å². The summed E-state index contributed by atoms with van der Waals surface area (Å²) in [7, 11) is 0. The Bertz CT molecular complexity index is 484. The van der Waals surface area contributed by atoms with Gasteiger partial charge in [-0.15, -0.1) is 0 Å². The van der Waals surface area contributed by atoms with Crippen molar-refractivity contribution >= 4 is 11.7 Å². The van der Waals surface area contributed by atoms with E-state index in [1.807, 2.05) is 30.3 Å². The molecule has 0 radical (unpaired) electrons. The van der Waals surface area contributed by atoms with E-state index in [0.717, 1.165) is 17.9 Å². The smallest absolute Gasteiger partial charge is 0.231 e. The van der Waals surface area contributed by atoms with Gasteiger partial charge in [-0.2, -0.15) is 0 Å². The molecule has 4 N–H and O–H groups in total. The molecule has 0 aliphatic heterocycles. The first-order valence-corrected chi connectivity index (χ1v) is 7.49. The molecule has 21 heavy (non-hydrogen) atoms. The molecule has 1 unspecified atom stereocenters. The summed E-state index contributed by atoms with van der Waals surface area (Å²) in [6, 6.07) is 9.59. The number of amidine groups is 1. The van der Waals surface area contributed by atoms with E-state index in [1.54, 1.807) is 0 Å². The highest BCUT2D eigenvalue weighted by molar-refractivity contribution is 6.02. The number of carbonyl (C=O) groups excluding carboxylic acids is 1. The molecular formula is C16H23N3O2. The molecule has 2 rings (SSSR count). The van der Waals surface area contributed by atoms with Gasteiger partial charge in [-0.05, 0) is 30.7 Å². The lowest BCUT2D eigenvalue weighted by atomic mass is 9.97. The summed E-state index contributed by atoms with van der Waals surface area (Å²) in [5, 5.41) is 14.8. The van der Waals surface area contributed by atoms with Gasteiger partial charge >= 0.3 is 0 Å². The molecular weight excluding hydrogens is 266 g/mol. The Kier molecular flexibility index (Phi) is 5.60. The Morgan fingerprint density at radius 2 is 2.10 bits per heavy atom. The van der Waals surface area contributed by atoms with Crippen molar-refractivity contribution in [2.45, 2.75) is 32.1 Å². The summed E-state index contributed by atoms with van der Waals surface area (Å²) in [5.74, 6) is 0.0212. The highest BCUT2D eigenvalue weighted by atomic mass is 16.4. The third-order valence-corrected chi connectivity index (χ3v) is 3.86. The normalized spacial score (nSPS) is 16.5. The number of hydrogen-bond donors (Lipinski definition) is 3. The Morgan fingerprint density at radius 1 is 1.38 bits per heavy atom. The lowest BCUT2D eigenvalue weighted by molar-refractivity contribution is -0.123. The first kappa shape index (κ1) is 15.4. The molecule has 5 nitrogen and oxygen atoms in total. The first-order valence-electron chi connectivity index (χ1n) is 7.49. The quantitative estimate of drug-likeness (QED) is 0.224. The van der Waals surface area contributed by atoms with E-state index in [1.165, 1.54) is 19.3 Å². The molecule has 1 atom stereocenters. The zero-order valence-electron chi connectivity index (χ0n) is 12.2. The molecule has 0 bridgehead atoms. The van der Waals surface area contributed by atoms with Gasteiger partial charge in [0.1, 0.15) is 5.92 Å². The monoisotopic (exact) mass is 289 g/mol. The van der Waals surface area contributed by atoms with Crippen LogP contribution in [0.1, 0.15) is 31.2 Å². The van der Waals surface area contributed by atoms with Crippen molar-refractivity contribution in [3.8, 4) is 0 Å². The third kappa shape index (κ3) is 5.10. The predicted molar refractivity (Wildman–Crippen MR) is 82.0 cm³/mol. The maximum absolute atomic E-state index is 12.2. The Balaban J connectivity index is 1.86. The van der Waals surface area contributed by atoms with Gasteiger partial charge in [-0.1, -0.05) is 48.3 Å². The van der Waals surface area contributed by atoms with Gasteiger partial charge in [0.15, 0.2) is 5.84 Å². The molecule has 0 spiro atoms. The summed E-state index contributed by atoms with van der Waals surface area (Å²) >= 11 is 0. The standard InChI is InChI=1S/C16H23N3O2/c17-15(19-21)14(11-13-5-2-1-3-6-13)16(20)18-10-4-7-12-8-9-12/h1-3,5-6,12,14,21H,4,7-11H2,(H2,17,19)(H,18,20). The van der Waals surface area contributed by atoms with Crippen LogP contribution in [0.3, 0.4) is 0 Å². The minimum absolute atomic E-state index is 0.0430. The number of hydrogen-bond acceptors (Lipinski definition) is 3. The molecule has 1 fully saturated rings. The van der Waals surface area contributed by atoms with Crippen molar-refractivity contribution in [1.82, 2.24) is 5.32 Å². The van der Waals surface area contributed by atoms with Crippen LogP contribution < -0.4 is 11.1 Å². The average Bonchev–Trinajstić information content (AvgIpc) is 3.33. The summed E-state index contributed by atoms with van der Waals surface area (Å²) in [4.78, 5) is 12.2. The number of oxime groups is 1. The second kappa shape index (κ2) is 7.67. The maximum Gasteiger partial charge on any atom is 0.231 e. The molecule has 1 aliphatic rings. The van der Waals surface area contributed by atoms with Crippen molar-refractivity contribution in [1.29, 1.82) is 0 Å². The van der Waals surface area contributed by atoms with E-state index in [4.69, 9.17) is 10.9 Å². The summed E-state index contributed by atoms with van der Waals surface area (Å²) < 4.78 is 0. The largest absolute Gasteiger partial charge is 0.409 e. The maximum atomic E-state index is 12.2. The molecule has 1 saturated carbocycles.